The zero-order valence-corrected chi connectivity index (χ0v) is 18.9. The van der Waals surface area contributed by atoms with Crippen molar-refractivity contribution in [2.24, 2.45) is 5.92 Å². The van der Waals surface area contributed by atoms with Crippen LogP contribution in [-0.2, 0) is 11.2 Å². The predicted molar refractivity (Wildman–Crippen MR) is 118 cm³/mol. The molecule has 1 aromatic rings. The average Bonchev–Trinajstić information content (AvgIpc) is 2.69. The smallest absolute Gasteiger partial charge is 0.319 e. The van der Waals surface area contributed by atoms with Crippen LogP contribution < -0.4 is 15.4 Å². The van der Waals surface area contributed by atoms with Gasteiger partial charge in [0.2, 0.25) is 5.91 Å². The molecule has 0 aliphatic carbocycles. The molecule has 1 aromatic carbocycles. The number of carbonyl (C=O) groups is 2. The van der Waals surface area contributed by atoms with Gasteiger partial charge in [0.05, 0.1) is 19.1 Å². The molecule has 0 unspecified atom stereocenters. The second-order valence-corrected chi connectivity index (χ2v) is 8.73. The van der Waals surface area contributed by atoms with E-state index in [1.165, 1.54) is 0 Å². The molecule has 1 aliphatic heterocycles. The van der Waals surface area contributed by atoms with Gasteiger partial charge in [-0.1, -0.05) is 6.92 Å². The summed E-state index contributed by atoms with van der Waals surface area (Å²) in [5.41, 5.74) is 1.32. The van der Waals surface area contributed by atoms with Gasteiger partial charge in [-0.15, -0.1) is 0 Å². The molecule has 1 aliphatic rings. The highest BCUT2D eigenvalue weighted by Gasteiger charge is 2.30. The number of hydrogen-bond acceptors (Lipinski definition) is 5. The van der Waals surface area contributed by atoms with Gasteiger partial charge < -0.3 is 30.3 Å². The van der Waals surface area contributed by atoms with E-state index in [0.717, 1.165) is 5.56 Å². The molecule has 3 amide bonds. The molecule has 0 saturated carbocycles. The van der Waals surface area contributed by atoms with Gasteiger partial charge in [-0.25, -0.2) is 4.79 Å². The van der Waals surface area contributed by atoms with Crippen molar-refractivity contribution in [2.75, 3.05) is 39.1 Å². The van der Waals surface area contributed by atoms with Gasteiger partial charge >= 0.3 is 6.03 Å². The minimum absolute atomic E-state index is 0.0181. The van der Waals surface area contributed by atoms with E-state index >= 15 is 0 Å². The Balaban J connectivity index is 2.37. The minimum atomic E-state index is -0.296. The summed E-state index contributed by atoms with van der Waals surface area (Å²) in [6, 6.07) is 4.83. The van der Waals surface area contributed by atoms with E-state index < -0.39 is 0 Å². The molecule has 8 heteroatoms. The summed E-state index contributed by atoms with van der Waals surface area (Å²) in [4.78, 5) is 28.9. The number of anilines is 1. The first-order valence-electron chi connectivity index (χ1n) is 10.5. The summed E-state index contributed by atoms with van der Waals surface area (Å²) in [6.45, 7) is 8.80. The number of nitrogens with one attached hydrogen (secondary N) is 2. The fourth-order valence-electron chi connectivity index (χ4n) is 3.51. The highest BCUT2D eigenvalue weighted by molar-refractivity contribution is 5.90. The molecule has 168 valence electrons. The molecule has 30 heavy (non-hydrogen) atoms. The van der Waals surface area contributed by atoms with Gasteiger partial charge in [0.1, 0.15) is 11.9 Å². The van der Waals surface area contributed by atoms with Crippen molar-refractivity contribution in [3.63, 3.8) is 0 Å². The number of likely N-dealkylation sites (N-methyl/N-ethyl adjacent to an activating group) is 1. The number of benzene rings is 1. The summed E-state index contributed by atoms with van der Waals surface area (Å²) in [6.07, 6.45) is 0.0173. The monoisotopic (exact) mass is 420 g/mol. The first-order valence-corrected chi connectivity index (χ1v) is 10.5. The molecule has 3 N–H and O–H groups in total. The van der Waals surface area contributed by atoms with Crippen LogP contribution in [0.4, 0.5) is 10.5 Å². The van der Waals surface area contributed by atoms with E-state index in [2.05, 4.69) is 22.5 Å². The highest BCUT2D eigenvalue weighted by Crippen LogP contribution is 2.29. The van der Waals surface area contributed by atoms with E-state index in [1.807, 2.05) is 40.9 Å². The Labute approximate surface area is 179 Å². The van der Waals surface area contributed by atoms with Crippen molar-refractivity contribution < 1.29 is 19.4 Å². The van der Waals surface area contributed by atoms with Crippen LogP contribution in [0.25, 0.3) is 0 Å². The lowest BCUT2D eigenvalue weighted by Gasteiger charge is -2.33. The van der Waals surface area contributed by atoms with E-state index in [4.69, 9.17) is 4.74 Å². The maximum atomic E-state index is 13.1. The van der Waals surface area contributed by atoms with Crippen molar-refractivity contribution in [1.29, 1.82) is 0 Å². The van der Waals surface area contributed by atoms with Crippen molar-refractivity contribution in [1.82, 2.24) is 15.1 Å². The first kappa shape index (κ1) is 24.0. The third kappa shape index (κ3) is 6.60. The van der Waals surface area contributed by atoms with E-state index in [-0.39, 0.29) is 49.1 Å². The van der Waals surface area contributed by atoms with E-state index in [9.17, 15) is 14.7 Å². The predicted octanol–water partition coefficient (Wildman–Crippen LogP) is 1.93. The van der Waals surface area contributed by atoms with E-state index in [0.29, 0.717) is 24.5 Å². The van der Waals surface area contributed by atoms with E-state index in [1.54, 1.807) is 17.0 Å². The molecule has 0 bridgehead atoms. The number of nitrogens with zero attached hydrogens (tertiary/aromatic N) is 2. The summed E-state index contributed by atoms with van der Waals surface area (Å²) < 4.78 is 6.36. The molecule has 0 radical (unpaired) electrons. The van der Waals surface area contributed by atoms with Gasteiger partial charge in [0.25, 0.3) is 0 Å². The fourth-order valence-corrected chi connectivity index (χ4v) is 3.51. The molecule has 0 fully saturated rings. The maximum absolute atomic E-state index is 13.1. The normalized spacial score (nSPS) is 20.7. The average molecular weight is 421 g/mol. The number of amides is 3. The Morgan fingerprint density at radius 1 is 1.33 bits per heavy atom. The molecule has 1 heterocycles. The maximum Gasteiger partial charge on any atom is 0.319 e. The molecular weight excluding hydrogens is 384 g/mol. The quantitative estimate of drug-likeness (QED) is 0.654. The number of rotatable bonds is 6. The van der Waals surface area contributed by atoms with Crippen LogP contribution in [-0.4, -0.2) is 78.8 Å². The molecule has 3 atom stereocenters. The lowest BCUT2D eigenvalue weighted by atomic mass is 10.0. The van der Waals surface area contributed by atoms with Crippen LogP contribution in [0, 0.1) is 5.92 Å². The molecule has 0 spiro atoms. The second kappa shape index (κ2) is 10.6. The third-order valence-corrected chi connectivity index (χ3v) is 5.14. The molecule has 8 nitrogen and oxygen atoms in total. The Hall–Kier alpha value is -2.32. The Kier molecular flexibility index (Phi) is 8.49. The molecular formula is C22H36N4O4. The number of aliphatic hydroxyl groups is 1. The fraction of sp³-hybridized carbons (Fsp3) is 0.636. The van der Waals surface area contributed by atoms with Gasteiger partial charge in [-0.05, 0) is 53.1 Å². The molecule has 0 aromatic heterocycles. The summed E-state index contributed by atoms with van der Waals surface area (Å²) in [7, 11) is 3.98. The standard InChI is InChI=1S/C22H36N4O4/c1-14(2)23-22(29)24-18-7-8-19-17(9-18)10-21(28)26(16(4)13-27)11-15(3)20(30-19)12-25(5)6/h7-9,14-16,20,27H,10-13H2,1-6H3,(H2,23,24,29)/t15-,16+,20-/m1/s1. The van der Waals surface area contributed by atoms with Crippen LogP contribution in [0.1, 0.15) is 33.3 Å². The third-order valence-electron chi connectivity index (χ3n) is 5.14. The summed E-state index contributed by atoms with van der Waals surface area (Å²) in [5, 5.41) is 15.3. The number of aliphatic hydroxyl groups excluding tert-OH is 1. The second-order valence-electron chi connectivity index (χ2n) is 8.73. The van der Waals surface area contributed by atoms with Crippen LogP contribution in [0.5, 0.6) is 5.75 Å². The Bertz CT molecular complexity index is 738. The zero-order chi connectivity index (χ0) is 22.4. The zero-order valence-electron chi connectivity index (χ0n) is 18.9. The van der Waals surface area contributed by atoms with Gasteiger partial charge in [-0.3, -0.25) is 4.79 Å². The van der Waals surface area contributed by atoms with Gasteiger partial charge in [0, 0.05) is 36.3 Å². The van der Waals surface area contributed by atoms with Crippen molar-refractivity contribution in [3.05, 3.63) is 23.8 Å². The molecule has 2 rings (SSSR count). The van der Waals surface area contributed by atoms with Gasteiger partial charge in [-0.2, -0.15) is 0 Å². The Morgan fingerprint density at radius 2 is 2.03 bits per heavy atom. The minimum Gasteiger partial charge on any atom is -0.488 e. The van der Waals surface area contributed by atoms with Crippen LogP contribution in [0.2, 0.25) is 0 Å². The number of fused-ring (bicyclic) bond motifs is 1. The summed E-state index contributed by atoms with van der Waals surface area (Å²) in [5.74, 6) is 0.656. The van der Waals surface area contributed by atoms with Crippen LogP contribution in [0.3, 0.4) is 0 Å². The number of hydrogen-bond donors (Lipinski definition) is 3. The SMILES string of the molecule is CC(C)NC(=O)Nc1ccc2c(c1)CC(=O)N([C@@H](C)CO)C[C@@H](C)[C@@H](CN(C)C)O2. The van der Waals surface area contributed by atoms with Gasteiger partial charge in [0.15, 0.2) is 0 Å². The summed E-state index contributed by atoms with van der Waals surface area (Å²) >= 11 is 0. The lowest BCUT2D eigenvalue weighted by Crippen LogP contribution is -2.47. The largest absolute Gasteiger partial charge is 0.488 e. The van der Waals surface area contributed by atoms with Crippen LogP contribution >= 0.6 is 0 Å². The number of ether oxygens (including phenoxy) is 1. The first-order chi connectivity index (χ1) is 14.1. The van der Waals surface area contributed by atoms with Crippen molar-refractivity contribution in [3.8, 4) is 5.75 Å². The lowest BCUT2D eigenvalue weighted by molar-refractivity contribution is -0.134. The Morgan fingerprint density at radius 3 is 2.63 bits per heavy atom. The number of carbonyl (C=O) groups excluding carboxylic acids is 2. The van der Waals surface area contributed by atoms with Crippen molar-refractivity contribution >= 4 is 17.6 Å². The van der Waals surface area contributed by atoms with Crippen molar-refractivity contribution in [2.45, 2.75) is 52.3 Å². The van der Waals surface area contributed by atoms with Crippen LogP contribution in [0.15, 0.2) is 18.2 Å². The topological polar surface area (TPSA) is 94.1 Å². The number of urea groups is 1. The molecule has 0 saturated heterocycles. The highest BCUT2D eigenvalue weighted by atomic mass is 16.5.